The van der Waals surface area contributed by atoms with Crippen LogP contribution in [0.15, 0.2) is 12.1 Å². The predicted octanol–water partition coefficient (Wildman–Crippen LogP) is 0.434. The number of fused-ring (bicyclic) bond motifs is 2. The summed E-state index contributed by atoms with van der Waals surface area (Å²) in [6.45, 7) is 1.07. The zero-order valence-electron chi connectivity index (χ0n) is 8.90. The van der Waals surface area contributed by atoms with Gasteiger partial charge in [0.2, 0.25) is 5.91 Å². The first-order chi connectivity index (χ1) is 7.68. The third kappa shape index (κ3) is 1.12. The maximum absolute atomic E-state index is 11.7. The van der Waals surface area contributed by atoms with Crippen molar-refractivity contribution < 1.29 is 14.3 Å². The lowest BCUT2D eigenvalue weighted by Crippen LogP contribution is -2.27. The van der Waals surface area contributed by atoms with E-state index in [1.165, 1.54) is 0 Å². The highest BCUT2D eigenvalue weighted by Gasteiger charge is 2.34. The van der Waals surface area contributed by atoms with Crippen molar-refractivity contribution in [3.63, 3.8) is 0 Å². The van der Waals surface area contributed by atoms with Crippen LogP contribution < -0.4 is 20.1 Å². The van der Waals surface area contributed by atoms with Crippen LogP contribution in [0.25, 0.3) is 0 Å². The van der Waals surface area contributed by atoms with Gasteiger partial charge in [-0.1, -0.05) is 0 Å². The van der Waals surface area contributed by atoms with Crippen molar-refractivity contribution in [3.05, 3.63) is 17.7 Å². The van der Waals surface area contributed by atoms with Crippen LogP contribution in [0.1, 0.15) is 11.6 Å². The lowest BCUT2D eigenvalue weighted by Gasteiger charge is -2.20. The average Bonchev–Trinajstić information content (AvgIpc) is 2.52. The van der Waals surface area contributed by atoms with Crippen LogP contribution in [-0.2, 0) is 4.79 Å². The van der Waals surface area contributed by atoms with Crippen molar-refractivity contribution >= 4 is 11.6 Å². The van der Waals surface area contributed by atoms with Gasteiger partial charge in [-0.2, -0.15) is 0 Å². The molecule has 0 saturated heterocycles. The van der Waals surface area contributed by atoms with E-state index >= 15 is 0 Å². The number of nitrogens with zero attached hydrogens (tertiary/aromatic N) is 1. The minimum Gasteiger partial charge on any atom is -0.486 e. The Morgan fingerprint density at radius 1 is 1.31 bits per heavy atom. The molecule has 0 saturated carbocycles. The third-order valence-corrected chi connectivity index (χ3v) is 2.98. The van der Waals surface area contributed by atoms with Gasteiger partial charge in [-0.25, -0.2) is 0 Å². The summed E-state index contributed by atoms with van der Waals surface area (Å²) in [5.41, 5.74) is 7.44. The lowest BCUT2D eigenvalue weighted by molar-refractivity contribution is -0.118. The summed E-state index contributed by atoms with van der Waals surface area (Å²) >= 11 is 0. The van der Waals surface area contributed by atoms with Gasteiger partial charge in [0.15, 0.2) is 11.5 Å². The van der Waals surface area contributed by atoms with E-state index in [1.807, 2.05) is 6.07 Å². The highest BCUT2D eigenvalue weighted by Crippen LogP contribution is 2.42. The first-order valence-corrected chi connectivity index (χ1v) is 5.15. The van der Waals surface area contributed by atoms with Crippen molar-refractivity contribution in [2.24, 2.45) is 5.73 Å². The number of rotatable bonds is 0. The van der Waals surface area contributed by atoms with Crippen LogP contribution in [-0.4, -0.2) is 26.2 Å². The van der Waals surface area contributed by atoms with Crippen molar-refractivity contribution in [1.82, 2.24) is 0 Å². The molecule has 0 aliphatic carbocycles. The lowest BCUT2D eigenvalue weighted by atomic mass is 10.1. The van der Waals surface area contributed by atoms with Crippen LogP contribution in [0.5, 0.6) is 11.5 Å². The summed E-state index contributed by atoms with van der Waals surface area (Å²) in [5.74, 6) is 1.25. The van der Waals surface area contributed by atoms with Gasteiger partial charge in [-0.05, 0) is 6.07 Å². The molecule has 3 rings (SSSR count). The quantitative estimate of drug-likeness (QED) is 0.688. The normalized spacial score (nSPS) is 22.2. The third-order valence-electron chi connectivity index (χ3n) is 2.98. The Morgan fingerprint density at radius 2 is 1.94 bits per heavy atom. The van der Waals surface area contributed by atoms with Gasteiger partial charge in [0, 0.05) is 18.7 Å². The molecule has 1 amide bonds. The van der Waals surface area contributed by atoms with E-state index in [9.17, 15) is 4.79 Å². The molecule has 2 aliphatic rings. The Hall–Kier alpha value is -1.75. The van der Waals surface area contributed by atoms with Gasteiger partial charge in [0.25, 0.3) is 0 Å². The number of benzene rings is 1. The predicted molar refractivity (Wildman–Crippen MR) is 57.8 cm³/mol. The molecule has 0 bridgehead atoms. The molecule has 0 fully saturated rings. The van der Waals surface area contributed by atoms with Crippen LogP contribution in [0.4, 0.5) is 5.69 Å². The minimum atomic E-state index is -0.587. The van der Waals surface area contributed by atoms with Crippen LogP contribution in [0, 0.1) is 0 Å². The summed E-state index contributed by atoms with van der Waals surface area (Å²) in [6.07, 6.45) is 0. The summed E-state index contributed by atoms with van der Waals surface area (Å²) in [6, 6.07) is 3.03. The number of likely N-dealkylation sites (N-methyl/N-ethyl adjacent to an activating group) is 1. The van der Waals surface area contributed by atoms with E-state index in [1.54, 1.807) is 18.0 Å². The Kier molecular flexibility index (Phi) is 1.85. The highest BCUT2D eigenvalue weighted by atomic mass is 16.6. The number of hydrogen-bond donors (Lipinski definition) is 1. The second-order valence-corrected chi connectivity index (χ2v) is 3.93. The molecular weight excluding hydrogens is 208 g/mol. The number of anilines is 1. The summed E-state index contributed by atoms with van der Waals surface area (Å²) in [5, 5.41) is 0. The van der Waals surface area contributed by atoms with E-state index in [0.29, 0.717) is 24.7 Å². The molecule has 1 aromatic rings. The molecule has 2 aliphatic heterocycles. The van der Waals surface area contributed by atoms with Crippen LogP contribution in [0.3, 0.4) is 0 Å². The average molecular weight is 220 g/mol. The number of amides is 1. The molecule has 16 heavy (non-hydrogen) atoms. The minimum absolute atomic E-state index is 0.0997. The van der Waals surface area contributed by atoms with Gasteiger partial charge in [-0.15, -0.1) is 0 Å². The van der Waals surface area contributed by atoms with Crippen molar-refractivity contribution in [1.29, 1.82) is 0 Å². The number of ether oxygens (including phenoxy) is 2. The Labute approximate surface area is 92.7 Å². The van der Waals surface area contributed by atoms with E-state index in [-0.39, 0.29) is 5.91 Å². The van der Waals surface area contributed by atoms with E-state index < -0.39 is 6.04 Å². The molecular formula is C11H12N2O3. The smallest absolute Gasteiger partial charge is 0.248 e. The van der Waals surface area contributed by atoms with Gasteiger partial charge < -0.3 is 20.1 Å². The van der Waals surface area contributed by atoms with Crippen LogP contribution in [0.2, 0.25) is 0 Å². The number of nitrogens with two attached hydrogens (primary N) is 1. The van der Waals surface area contributed by atoms with Crippen molar-refractivity contribution in [2.75, 3.05) is 25.2 Å². The molecule has 0 aromatic heterocycles. The first kappa shape index (κ1) is 9.47. The molecule has 0 spiro atoms. The van der Waals surface area contributed by atoms with Gasteiger partial charge in [0.1, 0.15) is 19.3 Å². The topological polar surface area (TPSA) is 64.8 Å². The van der Waals surface area contributed by atoms with Gasteiger partial charge >= 0.3 is 0 Å². The number of carbonyl (C=O) groups excluding carboxylic acids is 1. The largest absolute Gasteiger partial charge is 0.486 e. The van der Waals surface area contributed by atoms with E-state index in [4.69, 9.17) is 15.2 Å². The van der Waals surface area contributed by atoms with Gasteiger partial charge in [0.05, 0.1) is 5.69 Å². The maximum atomic E-state index is 11.7. The molecule has 2 heterocycles. The second kappa shape index (κ2) is 3.12. The fourth-order valence-corrected chi connectivity index (χ4v) is 2.09. The summed E-state index contributed by atoms with van der Waals surface area (Å²) < 4.78 is 10.9. The van der Waals surface area contributed by atoms with Gasteiger partial charge in [-0.3, -0.25) is 4.79 Å². The van der Waals surface area contributed by atoms with E-state index in [2.05, 4.69) is 0 Å². The molecule has 1 aromatic carbocycles. The number of carbonyl (C=O) groups is 1. The molecule has 0 radical (unpaired) electrons. The maximum Gasteiger partial charge on any atom is 0.248 e. The SMILES string of the molecule is CN1C(=O)C(N)c2cc3c(cc21)OCCO3. The summed E-state index contributed by atoms with van der Waals surface area (Å²) in [7, 11) is 1.71. The zero-order chi connectivity index (χ0) is 11.3. The fraction of sp³-hybridized carbons (Fsp3) is 0.364. The van der Waals surface area contributed by atoms with E-state index in [0.717, 1.165) is 11.3 Å². The number of hydrogen-bond acceptors (Lipinski definition) is 4. The standard InChI is InChI=1S/C11H12N2O3/c1-13-7-5-9-8(15-2-3-16-9)4-6(7)10(12)11(13)14/h4-5,10H,2-3,12H2,1H3. The molecule has 1 atom stereocenters. The van der Waals surface area contributed by atoms with Crippen LogP contribution >= 0.6 is 0 Å². The molecule has 5 heteroatoms. The second-order valence-electron chi connectivity index (χ2n) is 3.93. The molecule has 2 N–H and O–H groups in total. The zero-order valence-corrected chi connectivity index (χ0v) is 8.90. The Morgan fingerprint density at radius 3 is 2.62 bits per heavy atom. The molecule has 84 valence electrons. The first-order valence-electron chi connectivity index (χ1n) is 5.15. The monoisotopic (exact) mass is 220 g/mol. The Balaban J connectivity index is 2.16. The Bertz CT molecular complexity index is 432. The summed E-state index contributed by atoms with van der Waals surface area (Å²) in [4.78, 5) is 13.3. The van der Waals surface area contributed by atoms with Crippen molar-refractivity contribution in [3.8, 4) is 11.5 Å². The molecule has 1 unspecified atom stereocenters. The van der Waals surface area contributed by atoms with Crippen molar-refractivity contribution in [2.45, 2.75) is 6.04 Å². The molecule has 5 nitrogen and oxygen atoms in total. The highest BCUT2D eigenvalue weighted by molar-refractivity contribution is 6.04. The fourth-order valence-electron chi connectivity index (χ4n) is 2.09.